The smallest absolute Gasteiger partial charge is 0.127 e. The van der Waals surface area contributed by atoms with Crippen molar-refractivity contribution in [3.63, 3.8) is 0 Å². The van der Waals surface area contributed by atoms with Crippen molar-refractivity contribution in [1.82, 2.24) is 5.43 Å². The van der Waals surface area contributed by atoms with Gasteiger partial charge in [0.15, 0.2) is 0 Å². The molecule has 0 radical (unpaired) electrons. The normalized spacial score (nSPS) is 11.3. The third-order valence-electron chi connectivity index (χ3n) is 4.05. The van der Waals surface area contributed by atoms with Crippen LogP contribution in [0.5, 0.6) is 11.5 Å². The molecule has 3 N–H and O–H groups in total. The number of rotatable bonds is 8. The minimum Gasteiger partial charge on any atom is -0.457 e. The Kier molecular flexibility index (Phi) is 6.78. The van der Waals surface area contributed by atoms with E-state index in [2.05, 4.69) is 62.3 Å². The molecular weight excluding hydrogens is 324 g/mol. The maximum atomic E-state index is 6.04. The summed E-state index contributed by atoms with van der Waals surface area (Å²) in [7, 11) is 0. The topological polar surface area (TPSA) is 72.0 Å². The van der Waals surface area contributed by atoms with Crippen molar-refractivity contribution in [3.8, 4) is 11.5 Å². The molecule has 0 aliphatic rings. The van der Waals surface area contributed by atoms with Crippen molar-refractivity contribution >= 4 is 5.70 Å². The van der Waals surface area contributed by atoms with E-state index in [1.807, 2.05) is 30.3 Å². The fourth-order valence-electron chi connectivity index (χ4n) is 2.84. The van der Waals surface area contributed by atoms with Crippen molar-refractivity contribution in [3.05, 3.63) is 65.7 Å². The van der Waals surface area contributed by atoms with E-state index in [9.17, 15) is 0 Å². The van der Waals surface area contributed by atoms with Crippen molar-refractivity contribution in [2.75, 3.05) is 0 Å². The number of nitrogens with one attached hydrogen (secondary N) is 1. The first-order valence-electron chi connectivity index (χ1n) is 8.86. The zero-order chi connectivity index (χ0) is 19.1. The molecule has 0 amide bonds. The lowest BCUT2D eigenvalue weighted by Gasteiger charge is -2.16. The summed E-state index contributed by atoms with van der Waals surface area (Å²) in [6, 6.07) is 14.0. The molecule has 0 saturated carbocycles. The Morgan fingerprint density at radius 2 is 1.73 bits per heavy atom. The van der Waals surface area contributed by atoms with Crippen LogP contribution in [0, 0.1) is 5.92 Å². The van der Waals surface area contributed by atoms with Gasteiger partial charge < -0.3 is 10.6 Å². The minimum absolute atomic E-state index is 0.501. The van der Waals surface area contributed by atoms with Crippen LogP contribution in [0.3, 0.4) is 0 Å². The largest absolute Gasteiger partial charge is 0.457 e. The van der Waals surface area contributed by atoms with E-state index in [0.717, 1.165) is 23.5 Å². The van der Waals surface area contributed by atoms with Gasteiger partial charge in [0, 0.05) is 0 Å². The highest BCUT2D eigenvalue weighted by Crippen LogP contribution is 2.29. The summed E-state index contributed by atoms with van der Waals surface area (Å²) in [6.45, 7) is 12.8. The Balaban J connectivity index is 2.16. The number of hydrogen-bond acceptors (Lipinski definition) is 3. The summed E-state index contributed by atoms with van der Waals surface area (Å²) in [4.78, 5) is 0. The van der Waals surface area contributed by atoms with Gasteiger partial charge in [-0.1, -0.05) is 50.8 Å². The molecule has 0 aromatic heterocycles. The number of nitrogens with two attached hydrogens (primary N) is 1. The molecule has 2 rings (SSSR count). The van der Waals surface area contributed by atoms with Crippen LogP contribution in [0.1, 0.15) is 50.3 Å². The predicted octanol–water partition coefficient (Wildman–Crippen LogP) is 5.60. The molecule has 5 heteroatoms. The van der Waals surface area contributed by atoms with Gasteiger partial charge >= 0.3 is 0 Å². The summed E-state index contributed by atoms with van der Waals surface area (Å²) < 4.78 is 6.04. The lowest BCUT2D eigenvalue weighted by molar-refractivity contribution is 0.480. The van der Waals surface area contributed by atoms with Crippen LogP contribution < -0.4 is 16.0 Å². The van der Waals surface area contributed by atoms with Crippen molar-refractivity contribution < 1.29 is 4.74 Å². The maximum Gasteiger partial charge on any atom is 0.127 e. The molecular formula is C21H28N4O. The Morgan fingerprint density at radius 3 is 2.31 bits per heavy atom. The molecule has 5 nitrogen and oxygen atoms in total. The second-order valence-corrected chi connectivity index (χ2v) is 7.05. The van der Waals surface area contributed by atoms with Crippen molar-refractivity contribution in [2.45, 2.75) is 40.0 Å². The van der Waals surface area contributed by atoms with E-state index in [1.54, 1.807) is 0 Å². The second kappa shape index (κ2) is 9.04. The molecule has 0 aliphatic carbocycles. The van der Waals surface area contributed by atoms with E-state index < -0.39 is 0 Å². The first kappa shape index (κ1) is 19.5. The number of nitrogens with zero attached hydrogens (tertiary/aromatic N) is 2. The molecule has 26 heavy (non-hydrogen) atoms. The third-order valence-corrected chi connectivity index (χ3v) is 4.05. The van der Waals surface area contributed by atoms with Crippen LogP contribution in [0.15, 0.2) is 59.5 Å². The van der Waals surface area contributed by atoms with Crippen LogP contribution in [0.25, 0.3) is 5.70 Å². The molecule has 0 heterocycles. The number of ether oxygens (including phenoxy) is 1. The van der Waals surface area contributed by atoms with Gasteiger partial charge in [0.25, 0.3) is 0 Å². The number of benzene rings is 2. The maximum absolute atomic E-state index is 6.04. The monoisotopic (exact) mass is 352 g/mol. The van der Waals surface area contributed by atoms with E-state index in [1.165, 1.54) is 11.1 Å². The van der Waals surface area contributed by atoms with E-state index in [-0.39, 0.29) is 0 Å². The summed E-state index contributed by atoms with van der Waals surface area (Å²) in [5, 5.41) is 6.67. The highest BCUT2D eigenvalue weighted by molar-refractivity contribution is 5.61. The van der Waals surface area contributed by atoms with Gasteiger partial charge in [-0.25, -0.2) is 0 Å². The predicted molar refractivity (Wildman–Crippen MR) is 107 cm³/mol. The average molecular weight is 352 g/mol. The van der Waals surface area contributed by atoms with Gasteiger partial charge in [0.05, 0.1) is 5.70 Å². The molecule has 0 unspecified atom stereocenters. The van der Waals surface area contributed by atoms with Gasteiger partial charge in [-0.15, -0.1) is 0 Å². The molecule has 0 atom stereocenters. The molecule has 0 aliphatic heterocycles. The van der Waals surface area contributed by atoms with Gasteiger partial charge in [-0.05, 0) is 71.3 Å². The third kappa shape index (κ3) is 5.34. The Morgan fingerprint density at radius 1 is 1.08 bits per heavy atom. The molecule has 0 bridgehead atoms. The average Bonchev–Trinajstić information content (AvgIpc) is 2.59. The summed E-state index contributed by atoms with van der Waals surface area (Å²) >= 11 is 0. The van der Waals surface area contributed by atoms with Crippen molar-refractivity contribution in [1.29, 1.82) is 0 Å². The SMILES string of the molecule is C=C(N/N=N\N)c1ccc(Oc2ccc(C(C)C)c(CC(C)C)c2)cc1. The molecule has 0 fully saturated rings. The lowest BCUT2D eigenvalue weighted by Crippen LogP contribution is -2.03. The highest BCUT2D eigenvalue weighted by Gasteiger charge is 2.10. The first-order chi connectivity index (χ1) is 12.4. The fourth-order valence-corrected chi connectivity index (χ4v) is 2.84. The Bertz CT molecular complexity index is 764. The van der Waals surface area contributed by atoms with Gasteiger partial charge in [-0.3, -0.25) is 5.43 Å². The molecule has 138 valence electrons. The molecule has 2 aromatic rings. The quantitative estimate of drug-likeness (QED) is 0.369. The van der Waals surface area contributed by atoms with E-state index >= 15 is 0 Å². The molecule has 2 aromatic carbocycles. The zero-order valence-corrected chi connectivity index (χ0v) is 16.0. The van der Waals surface area contributed by atoms with Gasteiger partial charge in [0.2, 0.25) is 0 Å². The molecule has 0 spiro atoms. The summed E-state index contributed by atoms with van der Waals surface area (Å²) in [6.07, 6.45) is 1.05. The van der Waals surface area contributed by atoms with Crippen LogP contribution in [0.2, 0.25) is 0 Å². The lowest BCUT2D eigenvalue weighted by atomic mass is 9.91. The zero-order valence-electron chi connectivity index (χ0n) is 16.0. The summed E-state index contributed by atoms with van der Waals surface area (Å²) in [5.74, 6) is 7.70. The van der Waals surface area contributed by atoms with E-state index in [0.29, 0.717) is 17.5 Å². The van der Waals surface area contributed by atoms with Crippen LogP contribution in [0.4, 0.5) is 0 Å². The van der Waals surface area contributed by atoms with Gasteiger partial charge in [0.1, 0.15) is 11.5 Å². The second-order valence-electron chi connectivity index (χ2n) is 7.05. The fraction of sp³-hybridized carbons (Fsp3) is 0.333. The minimum atomic E-state index is 0.501. The number of hydrogen-bond donors (Lipinski definition) is 2. The standard InChI is InChI=1S/C21H28N4O/c1-14(2)12-18-13-20(10-11-21(18)15(3)4)26-19-8-6-17(7-9-19)16(5)23-25-24-22/h6-11,13-15H,5,12H2,1-4H3,(H2,22,25)(H,23,24). The first-order valence-corrected chi connectivity index (χ1v) is 8.86. The Labute approximate surface area is 155 Å². The van der Waals surface area contributed by atoms with Crippen LogP contribution in [-0.4, -0.2) is 0 Å². The highest BCUT2D eigenvalue weighted by atomic mass is 16.5. The van der Waals surface area contributed by atoms with Crippen LogP contribution in [-0.2, 0) is 6.42 Å². The van der Waals surface area contributed by atoms with Crippen molar-refractivity contribution in [2.24, 2.45) is 22.2 Å². The molecule has 0 saturated heterocycles. The summed E-state index contributed by atoms with van der Waals surface area (Å²) in [5.41, 5.74) is 6.91. The van der Waals surface area contributed by atoms with E-state index in [4.69, 9.17) is 10.6 Å². The van der Waals surface area contributed by atoms with Gasteiger partial charge in [-0.2, -0.15) is 0 Å². The van der Waals surface area contributed by atoms with Crippen LogP contribution >= 0.6 is 0 Å². The Hall–Kier alpha value is -2.82.